The molecule has 1 spiro atoms. The van der Waals surface area contributed by atoms with Crippen LogP contribution in [0.5, 0.6) is 0 Å². The van der Waals surface area contributed by atoms with Crippen molar-refractivity contribution in [3.05, 3.63) is 116 Å². The molecule has 0 atom stereocenters. The van der Waals surface area contributed by atoms with Crippen molar-refractivity contribution in [3.8, 4) is 22.3 Å². The summed E-state index contributed by atoms with van der Waals surface area (Å²) in [5.41, 5.74) is 10.5. The number of hydrogen-bond donors (Lipinski definition) is 0. The van der Waals surface area contributed by atoms with Crippen LogP contribution in [0.2, 0.25) is 0 Å². The first-order valence-corrected chi connectivity index (χ1v) is 10.6. The van der Waals surface area contributed by atoms with Gasteiger partial charge in [-0.15, -0.1) is 0 Å². The first kappa shape index (κ1) is 15.9. The van der Waals surface area contributed by atoms with Crippen molar-refractivity contribution in [2.75, 3.05) is 0 Å². The molecule has 0 bridgehead atoms. The van der Waals surface area contributed by atoms with Crippen LogP contribution >= 0.6 is 31.9 Å². The molecule has 128 valence electrons. The highest BCUT2D eigenvalue weighted by atomic mass is 79.9. The molecular formula is C25H14Br2. The Labute approximate surface area is 175 Å². The molecule has 0 fully saturated rings. The van der Waals surface area contributed by atoms with Crippen LogP contribution in [0.3, 0.4) is 0 Å². The first-order chi connectivity index (χ1) is 13.2. The molecule has 0 amide bonds. The maximum absolute atomic E-state index is 3.85. The molecular weight excluding hydrogens is 460 g/mol. The van der Waals surface area contributed by atoms with Gasteiger partial charge in [0.15, 0.2) is 0 Å². The van der Waals surface area contributed by atoms with Gasteiger partial charge in [-0.2, -0.15) is 0 Å². The van der Waals surface area contributed by atoms with Crippen molar-refractivity contribution in [1.82, 2.24) is 0 Å². The zero-order chi connectivity index (χ0) is 18.2. The number of benzene rings is 4. The second-order valence-corrected chi connectivity index (χ2v) is 8.97. The molecule has 2 aliphatic carbocycles. The van der Waals surface area contributed by atoms with E-state index in [9.17, 15) is 0 Å². The van der Waals surface area contributed by atoms with Crippen LogP contribution in [0.25, 0.3) is 22.3 Å². The minimum absolute atomic E-state index is 0.259. The number of fused-ring (bicyclic) bond motifs is 10. The Morgan fingerprint density at radius 3 is 1.59 bits per heavy atom. The van der Waals surface area contributed by atoms with Gasteiger partial charge in [0.1, 0.15) is 0 Å². The van der Waals surface area contributed by atoms with Crippen molar-refractivity contribution in [3.63, 3.8) is 0 Å². The molecule has 0 saturated carbocycles. The van der Waals surface area contributed by atoms with Gasteiger partial charge in [-0.05, 0) is 51.1 Å². The highest BCUT2D eigenvalue weighted by Gasteiger charge is 2.51. The molecule has 0 unspecified atom stereocenters. The predicted octanol–water partition coefficient (Wildman–Crippen LogP) is 7.56. The molecule has 0 heterocycles. The maximum atomic E-state index is 3.85. The molecule has 0 N–H and O–H groups in total. The quantitative estimate of drug-likeness (QED) is 0.213. The lowest BCUT2D eigenvalue weighted by molar-refractivity contribution is 0.793. The Morgan fingerprint density at radius 2 is 1.00 bits per heavy atom. The lowest BCUT2D eigenvalue weighted by atomic mass is 9.70. The van der Waals surface area contributed by atoms with Crippen LogP contribution in [0.4, 0.5) is 0 Å². The third-order valence-corrected chi connectivity index (χ3v) is 7.09. The summed E-state index contributed by atoms with van der Waals surface area (Å²) >= 11 is 7.59. The summed E-state index contributed by atoms with van der Waals surface area (Å²) in [6, 6.07) is 31.1. The summed E-state index contributed by atoms with van der Waals surface area (Å²) in [6.45, 7) is 0. The van der Waals surface area contributed by atoms with E-state index in [4.69, 9.17) is 0 Å². The molecule has 6 rings (SSSR count). The molecule has 27 heavy (non-hydrogen) atoms. The van der Waals surface area contributed by atoms with Crippen LogP contribution in [-0.4, -0.2) is 0 Å². The van der Waals surface area contributed by atoms with Crippen LogP contribution in [0, 0.1) is 0 Å². The highest BCUT2D eigenvalue weighted by Crippen LogP contribution is 2.63. The Bertz CT molecular complexity index is 1210. The van der Waals surface area contributed by atoms with Crippen molar-refractivity contribution >= 4 is 31.9 Å². The van der Waals surface area contributed by atoms with E-state index in [1.54, 1.807) is 0 Å². The topological polar surface area (TPSA) is 0 Å². The summed E-state index contributed by atoms with van der Waals surface area (Å²) in [5, 5.41) is 0. The Morgan fingerprint density at radius 1 is 0.519 bits per heavy atom. The molecule has 0 aromatic heterocycles. The average Bonchev–Trinajstić information content (AvgIpc) is 3.15. The fourth-order valence-corrected chi connectivity index (χ4v) is 6.57. The van der Waals surface area contributed by atoms with Crippen molar-refractivity contribution in [2.45, 2.75) is 5.41 Å². The highest BCUT2D eigenvalue weighted by molar-refractivity contribution is 9.11. The van der Waals surface area contributed by atoms with Gasteiger partial charge in [-0.3, -0.25) is 0 Å². The second kappa shape index (κ2) is 5.43. The zero-order valence-electron chi connectivity index (χ0n) is 14.3. The van der Waals surface area contributed by atoms with E-state index in [2.05, 4.69) is 117 Å². The number of rotatable bonds is 0. The van der Waals surface area contributed by atoms with Gasteiger partial charge >= 0.3 is 0 Å². The van der Waals surface area contributed by atoms with Crippen LogP contribution < -0.4 is 0 Å². The smallest absolute Gasteiger partial charge is 0.0619 e. The number of hydrogen-bond acceptors (Lipinski definition) is 0. The van der Waals surface area contributed by atoms with E-state index in [-0.39, 0.29) is 5.41 Å². The standard InChI is InChI=1S/C25H14Br2/c26-15-13-22-24(23(27)14-15)18-9-3-6-12-21(18)25(22)19-10-4-1-7-16(19)17-8-2-5-11-20(17)25/h1-14H. The minimum atomic E-state index is -0.259. The van der Waals surface area contributed by atoms with E-state index in [1.807, 2.05) is 0 Å². The van der Waals surface area contributed by atoms with E-state index in [1.165, 1.54) is 44.5 Å². The maximum Gasteiger partial charge on any atom is 0.0726 e. The molecule has 0 saturated heterocycles. The van der Waals surface area contributed by atoms with E-state index < -0.39 is 0 Å². The largest absolute Gasteiger partial charge is 0.0726 e. The SMILES string of the molecule is Brc1cc(Br)c2c(c1)C1(c3ccccc3-c3ccccc31)c1ccccc1-2. The number of halogens is 2. The van der Waals surface area contributed by atoms with Gasteiger partial charge in [0, 0.05) is 14.5 Å². The van der Waals surface area contributed by atoms with E-state index >= 15 is 0 Å². The Hall–Kier alpha value is -2.16. The molecule has 0 radical (unpaired) electrons. The third-order valence-electron chi connectivity index (χ3n) is 6.01. The monoisotopic (exact) mass is 472 g/mol. The van der Waals surface area contributed by atoms with Gasteiger partial charge in [0.25, 0.3) is 0 Å². The fraction of sp³-hybridized carbons (Fsp3) is 0.0400. The molecule has 2 aliphatic rings. The van der Waals surface area contributed by atoms with Crippen LogP contribution in [0.1, 0.15) is 22.3 Å². The minimum Gasteiger partial charge on any atom is -0.0619 e. The van der Waals surface area contributed by atoms with Crippen molar-refractivity contribution < 1.29 is 0 Å². The van der Waals surface area contributed by atoms with Crippen molar-refractivity contribution in [2.24, 2.45) is 0 Å². The summed E-state index contributed by atoms with van der Waals surface area (Å²) in [7, 11) is 0. The summed E-state index contributed by atoms with van der Waals surface area (Å²) < 4.78 is 2.24. The van der Waals surface area contributed by atoms with Crippen LogP contribution in [0.15, 0.2) is 93.9 Å². The normalized spacial score (nSPS) is 14.6. The summed E-state index contributed by atoms with van der Waals surface area (Å²) in [4.78, 5) is 0. The lowest BCUT2D eigenvalue weighted by Gasteiger charge is -2.30. The van der Waals surface area contributed by atoms with Gasteiger partial charge in [-0.1, -0.05) is 105 Å². The molecule has 0 nitrogen and oxygen atoms in total. The molecule has 2 heteroatoms. The first-order valence-electron chi connectivity index (χ1n) is 9.01. The predicted molar refractivity (Wildman–Crippen MR) is 118 cm³/mol. The van der Waals surface area contributed by atoms with Gasteiger partial charge in [-0.25, -0.2) is 0 Å². The van der Waals surface area contributed by atoms with Crippen LogP contribution in [-0.2, 0) is 5.41 Å². The average molecular weight is 474 g/mol. The molecule has 4 aromatic rings. The fourth-order valence-electron chi connectivity index (χ4n) is 5.13. The summed E-state index contributed by atoms with van der Waals surface area (Å²) in [5.74, 6) is 0. The second-order valence-electron chi connectivity index (χ2n) is 7.20. The van der Waals surface area contributed by atoms with Crippen molar-refractivity contribution in [1.29, 1.82) is 0 Å². The molecule has 4 aromatic carbocycles. The van der Waals surface area contributed by atoms with Gasteiger partial charge < -0.3 is 0 Å². The van der Waals surface area contributed by atoms with Gasteiger partial charge in [0.05, 0.1) is 5.41 Å². The summed E-state index contributed by atoms with van der Waals surface area (Å²) in [6.07, 6.45) is 0. The van der Waals surface area contributed by atoms with E-state index in [0.29, 0.717) is 0 Å². The Balaban J connectivity index is 1.89. The third kappa shape index (κ3) is 1.83. The zero-order valence-corrected chi connectivity index (χ0v) is 17.5. The Kier molecular flexibility index (Phi) is 3.19. The lowest BCUT2D eigenvalue weighted by Crippen LogP contribution is -2.25. The molecule has 0 aliphatic heterocycles. The van der Waals surface area contributed by atoms with E-state index in [0.717, 1.165) is 8.95 Å². The van der Waals surface area contributed by atoms with Gasteiger partial charge in [0.2, 0.25) is 0 Å².